The van der Waals surface area contributed by atoms with Gasteiger partial charge in [0.1, 0.15) is 0 Å². The lowest BCUT2D eigenvalue weighted by Crippen LogP contribution is -1.90. The molecule has 12 heavy (non-hydrogen) atoms. The molecule has 2 rings (SSSR count). The first kappa shape index (κ1) is 7.61. The average molecular weight is 179 g/mol. The molecule has 0 fully saturated rings. The van der Waals surface area contributed by atoms with E-state index < -0.39 is 0 Å². The summed E-state index contributed by atoms with van der Waals surface area (Å²) >= 11 is 4.05. The number of nitrogens with one attached hydrogen (secondary N) is 1. The summed E-state index contributed by atoms with van der Waals surface area (Å²) in [6.07, 6.45) is 8.34. The quantitative estimate of drug-likeness (QED) is 0.646. The van der Waals surface area contributed by atoms with Gasteiger partial charge in [0.2, 0.25) is 0 Å². The van der Waals surface area contributed by atoms with Gasteiger partial charge in [0, 0.05) is 0 Å². The molecule has 62 valence electrons. The molecule has 0 aromatic carbocycles. The highest BCUT2D eigenvalue weighted by atomic mass is 32.1. The van der Waals surface area contributed by atoms with Gasteiger partial charge in [0.25, 0.3) is 0 Å². The highest BCUT2D eigenvalue weighted by Gasteiger charge is 2.06. The normalized spacial score (nSPS) is 16.2. The summed E-state index contributed by atoms with van der Waals surface area (Å²) in [5.74, 6) is 0.837. The average Bonchev–Trinajstić information content (AvgIpc) is 2.54. The lowest BCUT2D eigenvalue weighted by molar-refractivity contribution is 0.973. The van der Waals surface area contributed by atoms with E-state index in [-0.39, 0.29) is 0 Å². The highest BCUT2D eigenvalue weighted by Crippen LogP contribution is 2.20. The molecule has 1 aliphatic rings. The number of H-pyrrole nitrogens is 1. The second kappa shape index (κ2) is 3.15. The Hall–Kier alpha value is -1.03. The maximum atomic E-state index is 4.05. The van der Waals surface area contributed by atoms with Crippen LogP contribution in [0, 0.1) is 0 Å². The van der Waals surface area contributed by atoms with E-state index in [0.29, 0.717) is 5.16 Å². The number of hydrogen-bond donors (Lipinski definition) is 2. The predicted molar refractivity (Wildman–Crippen MR) is 50.0 cm³/mol. The van der Waals surface area contributed by atoms with E-state index >= 15 is 0 Å². The molecule has 0 saturated heterocycles. The first-order valence-corrected chi connectivity index (χ1v) is 4.29. The van der Waals surface area contributed by atoms with Crippen LogP contribution in [0.3, 0.4) is 0 Å². The highest BCUT2D eigenvalue weighted by molar-refractivity contribution is 7.80. The summed E-state index contributed by atoms with van der Waals surface area (Å²) < 4.78 is 0. The minimum atomic E-state index is 0.570. The molecule has 1 aromatic heterocycles. The summed E-state index contributed by atoms with van der Waals surface area (Å²) in [6, 6.07) is 0. The SMILES string of the molecule is Sc1nnc(C2=CC=CCC2)[nH]1. The standard InChI is InChI=1S/C8H9N3S/c12-8-9-7(10-11-8)6-4-2-1-3-5-6/h1-2,4H,3,5H2,(H2,9,10,11,12). The Balaban J connectivity index is 2.30. The fourth-order valence-electron chi connectivity index (χ4n) is 1.20. The van der Waals surface area contributed by atoms with Crippen molar-refractivity contribution in [3.8, 4) is 0 Å². The van der Waals surface area contributed by atoms with Gasteiger partial charge in [-0.3, -0.25) is 0 Å². The second-order valence-corrected chi connectivity index (χ2v) is 3.08. The first-order valence-electron chi connectivity index (χ1n) is 3.84. The van der Waals surface area contributed by atoms with E-state index in [1.807, 2.05) is 6.08 Å². The summed E-state index contributed by atoms with van der Waals surface area (Å²) in [5, 5.41) is 8.31. The van der Waals surface area contributed by atoms with Gasteiger partial charge in [-0.1, -0.05) is 18.2 Å². The fraction of sp³-hybridized carbons (Fsp3) is 0.250. The zero-order valence-corrected chi connectivity index (χ0v) is 7.38. The minimum absolute atomic E-state index is 0.570. The number of thiol groups is 1. The van der Waals surface area contributed by atoms with Gasteiger partial charge in [0.15, 0.2) is 11.0 Å². The van der Waals surface area contributed by atoms with E-state index in [0.717, 1.165) is 18.7 Å². The lowest BCUT2D eigenvalue weighted by Gasteiger charge is -2.03. The Morgan fingerprint density at radius 1 is 1.42 bits per heavy atom. The molecule has 0 unspecified atom stereocenters. The van der Waals surface area contributed by atoms with E-state index in [1.165, 1.54) is 5.57 Å². The molecule has 0 radical (unpaired) electrons. The second-order valence-electron chi connectivity index (χ2n) is 2.66. The fourth-order valence-corrected chi connectivity index (χ4v) is 1.35. The zero-order chi connectivity index (χ0) is 8.39. The minimum Gasteiger partial charge on any atom is -0.316 e. The largest absolute Gasteiger partial charge is 0.316 e. The molecule has 1 aliphatic carbocycles. The van der Waals surface area contributed by atoms with Crippen LogP contribution in [0.15, 0.2) is 23.4 Å². The van der Waals surface area contributed by atoms with E-state index in [4.69, 9.17) is 0 Å². The van der Waals surface area contributed by atoms with Crippen molar-refractivity contribution in [2.75, 3.05) is 0 Å². The van der Waals surface area contributed by atoms with Crippen molar-refractivity contribution in [3.05, 3.63) is 24.1 Å². The molecule has 1 heterocycles. The van der Waals surface area contributed by atoms with Gasteiger partial charge in [-0.25, -0.2) is 0 Å². The third kappa shape index (κ3) is 1.43. The van der Waals surface area contributed by atoms with Gasteiger partial charge in [-0.15, -0.1) is 22.8 Å². The Bertz CT molecular complexity index is 338. The molecule has 1 N–H and O–H groups in total. The molecule has 1 aromatic rings. The Kier molecular flexibility index (Phi) is 1.99. The summed E-state index contributed by atoms with van der Waals surface area (Å²) in [6.45, 7) is 0. The lowest BCUT2D eigenvalue weighted by atomic mass is 10.1. The third-order valence-electron chi connectivity index (χ3n) is 1.79. The summed E-state index contributed by atoms with van der Waals surface area (Å²) in [7, 11) is 0. The number of allylic oxidation sites excluding steroid dienone is 4. The predicted octanol–water partition coefficient (Wildman–Crippen LogP) is 1.83. The maximum absolute atomic E-state index is 4.05. The number of aromatic amines is 1. The van der Waals surface area contributed by atoms with Crippen molar-refractivity contribution in [2.24, 2.45) is 0 Å². The van der Waals surface area contributed by atoms with Crippen LogP contribution in [-0.2, 0) is 0 Å². The van der Waals surface area contributed by atoms with Crippen LogP contribution in [-0.4, -0.2) is 15.2 Å². The van der Waals surface area contributed by atoms with Crippen molar-refractivity contribution in [1.82, 2.24) is 15.2 Å². The number of hydrogen-bond acceptors (Lipinski definition) is 3. The first-order chi connectivity index (χ1) is 5.86. The summed E-state index contributed by atoms with van der Waals surface area (Å²) in [4.78, 5) is 2.99. The van der Waals surface area contributed by atoms with Crippen molar-refractivity contribution >= 4 is 18.2 Å². The van der Waals surface area contributed by atoms with E-state index in [9.17, 15) is 0 Å². The maximum Gasteiger partial charge on any atom is 0.185 e. The van der Waals surface area contributed by atoms with Crippen LogP contribution in [0.1, 0.15) is 18.7 Å². The molecule has 0 atom stereocenters. The van der Waals surface area contributed by atoms with Crippen LogP contribution in [0.25, 0.3) is 5.57 Å². The van der Waals surface area contributed by atoms with Gasteiger partial charge in [-0.05, 0) is 18.4 Å². The number of aromatic nitrogens is 3. The zero-order valence-electron chi connectivity index (χ0n) is 6.49. The molecule has 3 nitrogen and oxygen atoms in total. The Labute approximate surface area is 76.0 Å². The molecule has 4 heteroatoms. The molecule has 0 spiro atoms. The Morgan fingerprint density at radius 2 is 2.33 bits per heavy atom. The van der Waals surface area contributed by atoms with Crippen molar-refractivity contribution < 1.29 is 0 Å². The van der Waals surface area contributed by atoms with Crippen molar-refractivity contribution in [3.63, 3.8) is 0 Å². The van der Waals surface area contributed by atoms with Crippen LogP contribution >= 0.6 is 12.6 Å². The molecule has 0 bridgehead atoms. The van der Waals surface area contributed by atoms with E-state index in [2.05, 4.69) is 40.0 Å². The molecular formula is C8H9N3S. The third-order valence-corrected chi connectivity index (χ3v) is 1.99. The molecule has 0 saturated carbocycles. The van der Waals surface area contributed by atoms with Crippen LogP contribution in [0.4, 0.5) is 0 Å². The monoisotopic (exact) mass is 179 g/mol. The number of rotatable bonds is 1. The topological polar surface area (TPSA) is 41.6 Å². The van der Waals surface area contributed by atoms with Crippen molar-refractivity contribution in [1.29, 1.82) is 0 Å². The van der Waals surface area contributed by atoms with Crippen LogP contribution in [0.5, 0.6) is 0 Å². The van der Waals surface area contributed by atoms with Crippen molar-refractivity contribution in [2.45, 2.75) is 18.0 Å². The Morgan fingerprint density at radius 3 is 2.92 bits per heavy atom. The van der Waals surface area contributed by atoms with Gasteiger partial charge >= 0.3 is 0 Å². The summed E-state index contributed by atoms with van der Waals surface area (Å²) in [5.41, 5.74) is 1.20. The molecule has 0 aliphatic heterocycles. The van der Waals surface area contributed by atoms with Gasteiger partial charge in [-0.2, -0.15) is 0 Å². The van der Waals surface area contributed by atoms with Crippen LogP contribution < -0.4 is 0 Å². The molecule has 0 amide bonds. The van der Waals surface area contributed by atoms with Crippen LogP contribution in [0.2, 0.25) is 0 Å². The van der Waals surface area contributed by atoms with Gasteiger partial charge in [0.05, 0.1) is 0 Å². The molecular weight excluding hydrogens is 170 g/mol. The van der Waals surface area contributed by atoms with E-state index in [1.54, 1.807) is 0 Å². The van der Waals surface area contributed by atoms with Gasteiger partial charge < -0.3 is 4.98 Å². The number of nitrogens with zero attached hydrogens (tertiary/aromatic N) is 2. The smallest absolute Gasteiger partial charge is 0.185 e.